The molecular weight excluding hydrogens is 214 g/mol. The van der Waals surface area contributed by atoms with Gasteiger partial charge in [0.15, 0.2) is 0 Å². The standard InChI is InChI=1S/C13H27N3O/c1-3-7-15-8-5-10-16-9-4-6-13(2,11-16)12(14)17/h15H,3-11H2,1-2H3,(H2,14,17). The fraction of sp³-hybridized carbons (Fsp3) is 0.923. The van der Waals surface area contributed by atoms with Crippen LogP contribution in [0.4, 0.5) is 0 Å². The van der Waals surface area contributed by atoms with Gasteiger partial charge in [-0.1, -0.05) is 6.92 Å². The van der Waals surface area contributed by atoms with Gasteiger partial charge in [0.2, 0.25) is 5.91 Å². The number of nitrogens with one attached hydrogen (secondary N) is 1. The quantitative estimate of drug-likeness (QED) is 0.653. The monoisotopic (exact) mass is 241 g/mol. The van der Waals surface area contributed by atoms with Crippen LogP contribution < -0.4 is 11.1 Å². The molecule has 0 aromatic heterocycles. The summed E-state index contributed by atoms with van der Waals surface area (Å²) < 4.78 is 0. The summed E-state index contributed by atoms with van der Waals surface area (Å²) in [5.74, 6) is -0.147. The number of hydrogen-bond donors (Lipinski definition) is 2. The Labute approximate surface area is 105 Å². The van der Waals surface area contributed by atoms with Crippen molar-refractivity contribution in [1.29, 1.82) is 0 Å². The Kier molecular flexibility index (Phi) is 5.92. The lowest BCUT2D eigenvalue weighted by Crippen LogP contribution is -2.49. The van der Waals surface area contributed by atoms with E-state index in [0.29, 0.717) is 0 Å². The molecule has 1 atom stereocenters. The summed E-state index contributed by atoms with van der Waals surface area (Å²) in [5, 5.41) is 3.40. The maximum Gasteiger partial charge on any atom is 0.224 e. The van der Waals surface area contributed by atoms with E-state index >= 15 is 0 Å². The van der Waals surface area contributed by atoms with Crippen LogP contribution in [0, 0.1) is 5.41 Å². The molecule has 0 radical (unpaired) electrons. The Morgan fingerprint density at radius 3 is 2.88 bits per heavy atom. The van der Waals surface area contributed by atoms with E-state index in [0.717, 1.165) is 52.0 Å². The number of amides is 1. The normalized spacial score (nSPS) is 26.0. The minimum absolute atomic E-state index is 0.147. The fourth-order valence-electron chi connectivity index (χ4n) is 2.47. The molecule has 0 aromatic rings. The lowest BCUT2D eigenvalue weighted by Gasteiger charge is -2.38. The number of rotatable bonds is 7. The summed E-state index contributed by atoms with van der Waals surface area (Å²) in [5.41, 5.74) is 5.17. The summed E-state index contributed by atoms with van der Waals surface area (Å²) in [7, 11) is 0. The van der Waals surface area contributed by atoms with Crippen LogP contribution in [0.3, 0.4) is 0 Å². The van der Waals surface area contributed by atoms with Crippen molar-refractivity contribution in [3.05, 3.63) is 0 Å². The van der Waals surface area contributed by atoms with Crippen molar-refractivity contribution >= 4 is 5.91 Å². The number of piperidine rings is 1. The first-order valence-electron chi connectivity index (χ1n) is 6.81. The third-order valence-electron chi connectivity index (χ3n) is 3.63. The first-order chi connectivity index (χ1) is 8.08. The van der Waals surface area contributed by atoms with Crippen LogP contribution >= 0.6 is 0 Å². The van der Waals surface area contributed by atoms with Crippen LogP contribution in [0.2, 0.25) is 0 Å². The van der Waals surface area contributed by atoms with Crippen LogP contribution in [-0.2, 0) is 4.79 Å². The van der Waals surface area contributed by atoms with Crippen molar-refractivity contribution in [2.24, 2.45) is 11.1 Å². The smallest absolute Gasteiger partial charge is 0.224 e. The van der Waals surface area contributed by atoms with Gasteiger partial charge >= 0.3 is 0 Å². The third-order valence-corrected chi connectivity index (χ3v) is 3.63. The Bertz CT molecular complexity index is 245. The van der Waals surface area contributed by atoms with Gasteiger partial charge in [-0.15, -0.1) is 0 Å². The number of carbonyl (C=O) groups excluding carboxylic acids is 1. The van der Waals surface area contributed by atoms with Gasteiger partial charge in [-0.05, 0) is 58.8 Å². The van der Waals surface area contributed by atoms with Gasteiger partial charge in [0.25, 0.3) is 0 Å². The molecule has 0 bridgehead atoms. The molecule has 1 aliphatic heterocycles. The summed E-state index contributed by atoms with van der Waals surface area (Å²) in [6, 6.07) is 0. The molecule has 1 unspecified atom stereocenters. The van der Waals surface area contributed by atoms with Crippen LogP contribution in [0.1, 0.15) is 39.5 Å². The zero-order valence-corrected chi connectivity index (χ0v) is 11.3. The summed E-state index contributed by atoms with van der Waals surface area (Å²) in [4.78, 5) is 13.8. The van der Waals surface area contributed by atoms with Crippen molar-refractivity contribution in [1.82, 2.24) is 10.2 Å². The summed E-state index contributed by atoms with van der Waals surface area (Å²) in [6.07, 6.45) is 4.35. The average molecular weight is 241 g/mol. The van der Waals surface area contributed by atoms with E-state index in [4.69, 9.17) is 5.73 Å². The molecule has 1 saturated heterocycles. The van der Waals surface area contributed by atoms with E-state index in [2.05, 4.69) is 17.1 Å². The van der Waals surface area contributed by atoms with E-state index in [9.17, 15) is 4.79 Å². The molecule has 3 N–H and O–H groups in total. The van der Waals surface area contributed by atoms with Crippen molar-refractivity contribution in [2.75, 3.05) is 32.7 Å². The number of nitrogens with zero attached hydrogens (tertiary/aromatic N) is 1. The Hall–Kier alpha value is -0.610. The predicted octanol–water partition coefficient (Wildman–Crippen LogP) is 0.964. The van der Waals surface area contributed by atoms with Gasteiger partial charge in [0.05, 0.1) is 5.41 Å². The molecule has 4 heteroatoms. The fourth-order valence-corrected chi connectivity index (χ4v) is 2.47. The number of carbonyl (C=O) groups is 1. The SMILES string of the molecule is CCCNCCCN1CCCC(C)(C(N)=O)C1. The van der Waals surface area contributed by atoms with E-state index in [-0.39, 0.29) is 11.3 Å². The molecule has 100 valence electrons. The van der Waals surface area contributed by atoms with E-state index in [1.165, 1.54) is 6.42 Å². The van der Waals surface area contributed by atoms with Gasteiger partial charge < -0.3 is 16.0 Å². The predicted molar refractivity (Wildman–Crippen MR) is 70.8 cm³/mol. The Balaban J connectivity index is 2.23. The minimum atomic E-state index is -0.310. The summed E-state index contributed by atoms with van der Waals surface area (Å²) >= 11 is 0. The highest BCUT2D eigenvalue weighted by molar-refractivity contribution is 5.80. The molecule has 17 heavy (non-hydrogen) atoms. The van der Waals surface area contributed by atoms with Crippen molar-refractivity contribution in [2.45, 2.75) is 39.5 Å². The van der Waals surface area contributed by atoms with Crippen LogP contribution in [0.15, 0.2) is 0 Å². The van der Waals surface area contributed by atoms with E-state index < -0.39 is 0 Å². The minimum Gasteiger partial charge on any atom is -0.369 e. The lowest BCUT2D eigenvalue weighted by atomic mass is 9.81. The average Bonchev–Trinajstić information content (AvgIpc) is 2.29. The number of nitrogens with two attached hydrogens (primary N) is 1. The highest BCUT2D eigenvalue weighted by atomic mass is 16.1. The molecule has 0 aliphatic carbocycles. The van der Waals surface area contributed by atoms with Crippen molar-refractivity contribution < 1.29 is 4.79 Å². The van der Waals surface area contributed by atoms with Crippen LogP contribution in [0.5, 0.6) is 0 Å². The van der Waals surface area contributed by atoms with Crippen molar-refractivity contribution in [3.63, 3.8) is 0 Å². The molecule has 1 heterocycles. The Morgan fingerprint density at radius 2 is 2.24 bits per heavy atom. The first kappa shape index (κ1) is 14.5. The zero-order valence-electron chi connectivity index (χ0n) is 11.3. The van der Waals surface area contributed by atoms with E-state index in [1.54, 1.807) is 0 Å². The van der Waals surface area contributed by atoms with Gasteiger partial charge in [0, 0.05) is 6.54 Å². The second kappa shape index (κ2) is 6.97. The third kappa shape index (κ3) is 4.64. The second-order valence-corrected chi connectivity index (χ2v) is 5.41. The second-order valence-electron chi connectivity index (χ2n) is 5.41. The van der Waals surface area contributed by atoms with Gasteiger partial charge in [-0.25, -0.2) is 0 Å². The molecule has 1 aliphatic rings. The number of likely N-dealkylation sites (tertiary alicyclic amines) is 1. The topological polar surface area (TPSA) is 58.4 Å². The molecule has 1 fully saturated rings. The maximum absolute atomic E-state index is 11.4. The number of primary amides is 1. The molecule has 1 rings (SSSR count). The Morgan fingerprint density at radius 1 is 1.47 bits per heavy atom. The maximum atomic E-state index is 11.4. The molecule has 0 saturated carbocycles. The van der Waals surface area contributed by atoms with Crippen molar-refractivity contribution in [3.8, 4) is 0 Å². The van der Waals surface area contributed by atoms with E-state index in [1.807, 2.05) is 6.92 Å². The van der Waals surface area contributed by atoms with Gasteiger partial charge in [-0.3, -0.25) is 4.79 Å². The van der Waals surface area contributed by atoms with Gasteiger partial charge in [-0.2, -0.15) is 0 Å². The molecule has 0 aromatic carbocycles. The summed E-state index contributed by atoms with van der Waals surface area (Å²) in [6.45, 7) is 9.34. The molecule has 4 nitrogen and oxygen atoms in total. The molecular formula is C13H27N3O. The molecule has 1 amide bonds. The van der Waals surface area contributed by atoms with Crippen LogP contribution in [0.25, 0.3) is 0 Å². The van der Waals surface area contributed by atoms with Gasteiger partial charge in [0.1, 0.15) is 0 Å². The highest BCUT2D eigenvalue weighted by Gasteiger charge is 2.35. The lowest BCUT2D eigenvalue weighted by molar-refractivity contribution is -0.129. The highest BCUT2D eigenvalue weighted by Crippen LogP contribution is 2.28. The number of hydrogen-bond acceptors (Lipinski definition) is 3. The largest absolute Gasteiger partial charge is 0.369 e. The van der Waals surface area contributed by atoms with Crippen LogP contribution in [-0.4, -0.2) is 43.5 Å². The molecule has 0 spiro atoms. The zero-order chi connectivity index (χ0) is 12.7. The first-order valence-corrected chi connectivity index (χ1v) is 6.81.